The molecule has 1 saturated heterocycles. The van der Waals surface area contributed by atoms with Crippen molar-refractivity contribution < 1.29 is 14.3 Å². The molecule has 2 heterocycles. The van der Waals surface area contributed by atoms with Crippen molar-refractivity contribution in [2.24, 2.45) is 0 Å². The van der Waals surface area contributed by atoms with Crippen LogP contribution >= 0.6 is 0 Å². The van der Waals surface area contributed by atoms with Crippen LogP contribution in [0.2, 0.25) is 0 Å². The Hall–Kier alpha value is -1.85. The summed E-state index contributed by atoms with van der Waals surface area (Å²) in [5.74, 6) is -0.518. The highest BCUT2D eigenvalue weighted by molar-refractivity contribution is 5.95. The van der Waals surface area contributed by atoms with Crippen LogP contribution < -0.4 is 0 Å². The number of aromatic amines is 1. The lowest BCUT2D eigenvalue weighted by molar-refractivity contribution is -0.147. The maximum absolute atomic E-state index is 12.1. The van der Waals surface area contributed by atoms with E-state index in [1.807, 2.05) is 0 Å². The van der Waals surface area contributed by atoms with Gasteiger partial charge in [-0.15, -0.1) is 0 Å². The van der Waals surface area contributed by atoms with E-state index in [4.69, 9.17) is 4.74 Å². The number of ether oxygens (including phenoxy) is 1. The third-order valence-corrected chi connectivity index (χ3v) is 2.80. The standard InChI is InChI=1S/C11H15N3O3/c1-2-17-11(16)9-4-3-7-14(9)10(15)8-5-6-12-13-8/h5-6,9H,2-4,7H2,1H3,(H,12,13). The first-order valence-electron chi connectivity index (χ1n) is 5.71. The first kappa shape index (κ1) is 11.6. The fourth-order valence-corrected chi connectivity index (χ4v) is 2.02. The van der Waals surface area contributed by atoms with E-state index in [2.05, 4.69) is 10.2 Å². The van der Waals surface area contributed by atoms with Gasteiger partial charge < -0.3 is 9.64 Å². The van der Waals surface area contributed by atoms with Crippen molar-refractivity contribution in [1.29, 1.82) is 0 Å². The highest BCUT2D eigenvalue weighted by Gasteiger charge is 2.35. The van der Waals surface area contributed by atoms with Gasteiger partial charge in [-0.25, -0.2) is 4.79 Å². The monoisotopic (exact) mass is 237 g/mol. The zero-order chi connectivity index (χ0) is 12.3. The maximum Gasteiger partial charge on any atom is 0.328 e. The number of amides is 1. The third-order valence-electron chi connectivity index (χ3n) is 2.80. The van der Waals surface area contributed by atoms with Gasteiger partial charge in [0.05, 0.1) is 6.61 Å². The lowest BCUT2D eigenvalue weighted by Crippen LogP contribution is -2.41. The molecule has 6 nitrogen and oxygen atoms in total. The summed E-state index contributed by atoms with van der Waals surface area (Å²) in [5.41, 5.74) is 0.404. The average Bonchev–Trinajstić information content (AvgIpc) is 3.00. The van der Waals surface area contributed by atoms with Crippen LogP contribution in [0, 0.1) is 0 Å². The van der Waals surface area contributed by atoms with Gasteiger partial charge in [-0.1, -0.05) is 0 Å². The lowest BCUT2D eigenvalue weighted by atomic mass is 10.2. The maximum atomic E-state index is 12.1. The van der Waals surface area contributed by atoms with E-state index >= 15 is 0 Å². The number of hydrogen-bond acceptors (Lipinski definition) is 4. The Morgan fingerprint density at radius 3 is 3.12 bits per heavy atom. The Bertz CT molecular complexity index is 402. The van der Waals surface area contributed by atoms with E-state index < -0.39 is 6.04 Å². The predicted octanol–water partition coefficient (Wildman–Crippen LogP) is 0.577. The predicted molar refractivity (Wildman–Crippen MR) is 59.3 cm³/mol. The molecule has 1 aromatic rings. The number of esters is 1. The molecule has 6 heteroatoms. The number of carbonyl (C=O) groups is 2. The second kappa shape index (κ2) is 4.99. The highest BCUT2D eigenvalue weighted by atomic mass is 16.5. The number of nitrogens with one attached hydrogen (secondary N) is 1. The zero-order valence-corrected chi connectivity index (χ0v) is 9.68. The molecule has 1 N–H and O–H groups in total. The Balaban J connectivity index is 2.09. The van der Waals surface area contributed by atoms with E-state index in [1.54, 1.807) is 17.9 Å². The van der Waals surface area contributed by atoms with Gasteiger partial charge in [0.25, 0.3) is 5.91 Å². The number of likely N-dealkylation sites (tertiary alicyclic amines) is 1. The Morgan fingerprint density at radius 2 is 2.47 bits per heavy atom. The second-order valence-corrected chi connectivity index (χ2v) is 3.88. The summed E-state index contributed by atoms with van der Waals surface area (Å²) in [7, 11) is 0. The Kier molecular flexibility index (Phi) is 3.41. The minimum Gasteiger partial charge on any atom is -0.464 e. The van der Waals surface area contributed by atoms with Gasteiger partial charge >= 0.3 is 5.97 Å². The van der Waals surface area contributed by atoms with Gasteiger partial charge in [0.15, 0.2) is 0 Å². The van der Waals surface area contributed by atoms with E-state index in [1.165, 1.54) is 6.20 Å². The lowest BCUT2D eigenvalue weighted by Gasteiger charge is -2.22. The Morgan fingerprint density at radius 1 is 1.65 bits per heavy atom. The van der Waals surface area contributed by atoms with Crippen LogP contribution in [0.25, 0.3) is 0 Å². The largest absolute Gasteiger partial charge is 0.464 e. The van der Waals surface area contributed by atoms with E-state index in [-0.39, 0.29) is 11.9 Å². The zero-order valence-electron chi connectivity index (χ0n) is 9.68. The molecule has 0 aromatic carbocycles. The van der Waals surface area contributed by atoms with E-state index in [0.29, 0.717) is 25.3 Å². The van der Waals surface area contributed by atoms with Crippen LogP contribution in [-0.2, 0) is 9.53 Å². The van der Waals surface area contributed by atoms with Crippen LogP contribution in [0.1, 0.15) is 30.3 Å². The van der Waals surface area contributed by atoms with Gasteiger partial charge in [-0.3, -0.25) is 9.89 Å². The number of hydrogen-bond donors (Lipinski definition) is 1. The molecule has 0 aliphatic carbocycles. The third kappa shape index (κ3) is 2.30. The minimum atomic E-state index is -0.453. The summed E-state index contributed by atoms with van der Waals surface area (Å²) in [6.07, 6.45) is 3.00. The molecule has 1 aliphatic heterocycles. The first-order chi connectivity index (χ1) is 8.24. The van der Waals surface area contributed by atoms with Crippen LogP contribution in [0.5, 0.6) is 0 Å². The fourth-order valence-electron chi connectivity index (χ4n) is 2.02. The van der Waals surface area contributed by atoms with Gasteiger partial charge in [-0.05, 0) is 25.8 Å². The van der Waals surface area contributed by atoms with Crippen LogP contribution in [0.15, 0.2) is 12.3 Å². The van der Waals surface area contributed by atoms with E-state index in [0.717, 1.165) is 6.42 Å². The van der Waals surface area contributed by atoms with Gasteiger partial charge in [0.1, 0.15) is 11.7 Å². The van der Waals surface area contributed by atoms with Crippen LogP contribution in [0.4, 0.5) is 0 Å². The number of nitrogens with zero attached hydrogens (tertiary/aromatic N) is 2. The molecule has 0 bridgehead atoms. The van der Waals surface area contributed by atoms with Crippen molar-refractivity contribution in [2.45, 2.75) is 25.8 Å². The molecule has 1 aliphatic rings. The quantitative estimate of drug-likeness (QED) is 0.780. The topological polar surface area (TPSA) is 75.3 Å². The highest BCUT2D eigenvalue weighted by Crippen LogP contribution is 2.20. The molecular weight excluding hydrogens is 222 g/mol. The molecular formula is C11H15N3O3. The fraction of sp³-hybridized carbons (Fsp3) is 0.545. The Labute approximate surface area is 98.9 Å². The second-order valence-electron chi connectivity index (χ2n) is 3.88. The summed E-state index contributed by atoms with van der Waals surface area (Å²) in [4.78, 5) is 25.3. The minimum absolute atomic E-state index is 0.196. The van der Waals surface area contributed by atoms with Crippen LogP contribution in [0.3, 0.4) is 0 Å². The summed E-state index contributed by atoms with van der Waals surface area (Å²) < 4.78 is 4.96. The van der Waals surface area contributed by atoms with Crippen molar-refractivity contribution in [2.75, 3.05) is 13.2 Å². The molecule has 1 atom stereocenters. The first-order valence-corrected chi connectivity index (χ1v) is 5.71. The van der Waals surface area contributed by atoms with Crippen molar-refractivity contribution in [1.82, 2.24) is 15.1 Å². The van der Waals surface area contributed by atoms with Crippen LogP contribution in [-0.4, -0.2) is 46.2 Å². The average molecular weight is 237 g/mol. The summed E-state index contributed by atoms with van der Waals surface area (Å²) >= 11 is 0. The smallest absolute Gasteiger partial charge is 0.328 e. The molecule has 17 heavy (non-hydrogen) atoms. The number of H-pyrrole nitrogens is 1. The molecule has 1 unspecified atom stereocenters. The van der Waals surface area contributed by atoms with Gasteiger partial charge in [0, 0.05) is 12.7 Å². The van der Waals surface area contributed by atoms with Gasteiger partial charge in [-0.2, -0.15) is 5.10 Å². The van der Waals surface area contributed by atoms with Crippen molar-refractivity contribution in [3.63, 3.8) is 0 Å². The molecule has 1 fully saturated rings. The number of carbonyl (C=O) groups excluding carboxylic acids is 2. The van der Waals surface area contributed by atoms with Crippen molar-refractivity contribution >= 4 is 11.9 Å². The number of aromatic nitrogens is 2. The number of rotatable bonds is 3. The molecule has 1 amide bonds. The molecule has 0 saturated carbocycles. The van der Waals surface area contributed by atoms with E-state index in [9.17, 15) is 9.59 Å². The summed E-state index contributed by atoms with van der Waals surface area (Å²) in [5, 5.41) is 6.34. The molecule has 1 aromatic heterocycles. The molecule has 92 valence electrons. The summed E-state index contributed by atoms with van der Waals surface area (Å²) in [6.45, 7) is 2.68. The van der Waals surface area contributed by atoms with Crippen molar-refractivity contribution in [3.05, 3.63) is 18.0 Å². The summed E-state index contributed by atoms with van der Waals surface area (Å²) in [6, 6.07) is 1.15. The normalized spacial score (nSPS) is 19.4. The molecule has 0 radical (unpaired) electrons. The SMILES string of the molecule is CCOC(=O)C1CCCN1C(=O)c1ccn[nH]1. The van der Waals surface area contributed by atoms with Gasteiger partial charge in [0.2, 0.25) is 0 Å². The molecule has 2 rings (SSSR count). The molecule has 0 spiro atoms. The van der Waals surface area contributed by atoms with Crippen molar-refractivity contribution in [3.8, 4) is 0 Å².